The minimum absolute atomic E-state index is 0.442. The summed E-state index contributed by atoms with van der Waals surface area (Å²) in [6, 6.07) is 0.914. The zero-order valence-electron chi connectivity index (χ0n) is 5.99. The van der Waals surface area contributed by atoms with Crippen molar-refractivity contribution in [3.05, 3.63) is 0 Å². The van der Waals surface area contributed by atoms with Gasteiger partial charge in [0, 0.05) is 12.1 Å². The molecular weight excluding hydrogens is 126 g/mol. The van der Waals surface area contributed by atoms with Crippen LogP contribution in [0.1, 0.15) is 6.92 Å². The summed E-state index contributed by atoms with van der Waals surface area (Å²) >= 11 is 0. The van der Waals surface area contributed by atoms with Gasteiger partial charge in [-0.25, -0.2) is 0 Å². The molecule has 2 rings (SSSR count). The maximum absolute atomic E-state index is 4.31. The lowest BCUT2D eigenvalue weighted by atomic mass is 9.95. The van der Waals surface area contributed by atoms with E-state index in [0.29, 0.717) is 18.0 Å². The lowest BCUT2D eigenvalue weighted by molar-refractivity contribution is 0.457. The molecule has 10 heavy (non-hydrogen) atoms. The van der Waals surface area contributed by atoms with Crippen LogP contribution in [0.3, 0.4) is 0 Å². The lowest BCUT2D eigenvalue weighted by Crippen LogP contribution is -2.41. The van der Waals surface area contributed by atoms with E-state index in [1.807, 2.05) is 6.21 Å². The number of nitrogens with zero attached hydrogens (tertiary/aromatic N) is 2. The van der Waals surface area contributed by atoms with Gasteiger partial charge in [-0.15, -0.1) is 0 Å². The Labute approximate surface area is 60.3 Å². The first-order valence-electron chi connectivity index (χ1n) is 3.65. The Morgan fingerprint density at radius 1 is 1.60 bits per heavy atom. The molecule has 0 spiro atoms. The molecular formula is C7H11N3. The van der Waals surface area contributed by atoms with E-state index in [1.54, 1.807) is 6.34 Å². The Morgan fingerprint density at radius 2 is 2.50 bits per heavy atom. The summed E-state index contributed by atoms with van der Waals surface area (Å²) in [5.41, 5.74) is 0. The minimum atomic E-state index is 0.442. The molecule has 0 saturated carbocycles. The topological polar surface area (TPSA) is 36.8 Å². The van der Waals surface area contributed by atoms with Gasteiger partial charge in [0.25, 0.3) is 0 Å². The molecule has 3 unspecified atom stereocenters. The zero-order valence-corrected chi connectivity index (χ0v) is 5.99. The molecule has 0 amide bonds. The largest absolute Gasteiger partial charge is 0.370 e. The number of aliphatic imine (C=N–C) groups is 2. The maximum Gasteiger partial charge on any atom is 0.0832 e. The van der Waals surface area contributed by atoms with Crippen molar-refractivity contribution in [2.45, 2.75) is 19.0 Å². The highest BCUT2D eigenvalue weighted by molar-refractivity contribution is 5.67. The molecule has 1 N–H and O–H groups in total. The normalized spacial score (nSPS) is 43.1. The van der Waals surface area contributed by atoms with Crippen LogP contribution in [-0.4, -0.2) is 31.2 Å². The van der Waals surface area contributed by atoms with Crippen LogP contribution >= 0.6 is 0 Å². The summed E-state index contributed by atoms with van der Waals surface area (Å²) in [6.07, 6.45) is 3.81. The van der Waals surface area contributed by atoms with Gasteiger partial charge in [-0.1, -0.05) is 6.92 Å². The van der Waals surface area contributed by atoms with Gasteiger partial charge in [0.05, 0.1) is 25.0 Å². The van der Waals surface area contributed by atoms with Gasteiger partial charge in [0.15, 0.2) is 0 Å². The maximum atomic E-state index is 4.31. The summed E-state index contributed by atoms with van der Waals surface area (Å²) in [6.45, 7) is 3.04. The van der Waals surface area contributed by atoms with Crippen molar-refractivity contribution >= 4 is 12.6 Å². The summed E-state index contributed by atoms with van der Waals surface area (Å²) in [5.74, 6) is 0.505. The van der Waals surface area contributed by atoms with E-state index in [1.165, 1.54) is 0 Å². The molecule has 0 aromatic heterocycles. The van der Waals surface area contributed by atoms with Gasteiger partial charge < -0.3 is 5.32 Å². The predicted molar refractivity (Wildman–Crippen MR) is 41.7 cm³/mol. The van der Waals surface area contributed by atoms with E-state index >= 15 is 0 Å². The van der Waals surface area contributed by atoms with Gasteiger partial charge >= 0.3 is 0 Å². The average molecular weight is 137 g/mol. The molecule has 2 aliphatic rings. The summed E-state index contributed by atoms with van der Waals surface area (Å²) in [4.78, 5) is 8.54. The number of nitrogens with one attached hydrogen (secondary N) is 1. The Balaban J connectivity index is 2.19. The monoisotopic (exact) mass is 137 g/mol. The number of hydrogen-bond donors (Lipinski definition) is 1. The fraction of sp³-hybridized carbons (Fsp3) is 0.714. The van der Waals surface area contributed by atoms with Crippen molar-refractivity contribution in [3.63, 3.8) is 0 Å². The molecule has 3 nitrogen and oxygen atoms in total. The molecule has 0 aromatic carbocycles. The van der Waals surface area contributed by atoms with Crippen LogP contribution < -0.4 is 5.32 Å². The van der Waals surface area contributed by atoms with Crippen molar-refractivity contribution in [1.82, 2.24) is 5.32 Å². The highest BCUT2D eigenvalue weighted by Crippen LogP contribution is 2.16. The van der Waals surface area contributed by atoms with Gasteiger partial charge in [0.1, 0.15) is 0 Å². The first kappa shape index (κ1) is 5.89. The molecule has 0 radical (unpaired) electrons. The van der Waals surface area contributed by atoms with Crippen LogP contribution in [0.2, 0.25) is 0 Å². The molecule has 3 atom stereocenters. The van der Waals surface area contributed by atoms with Gasteiger partial charge in [-0.05, 0) is 0 Å². The van der Waals surface area contributed by atoms with Crippen LogP contribution in [0, 0.1) is 5.92 Å². The molecule has 2 aliphatic heterocycles. The smallest absolute Gasteiger partial charge is 0.0832 e. The van der Waals surface area contributed by atoms with E-state index < -0.39 is 0 Å². The third-order valence-corrected chi connectivity index (χ3v) is 2.13. The van der Waals surface area contributed by atoms with E-state index in [-0.39, 0.29) is 0 Å². The number of hydrogen-bond acceptors (Lipinski definition) is 3. The van der Waals surface area contributed by atoms with E-state index in [9.17, 15) is 0 Å². The van der Waals surface area contributed by atoms with Crippen LogP contribution in [0.5, 0.6) is 0 Å². The summed E-state index contributed by atoms with van der Waals surface area (Å²) < 4.78 is 0. The average Bonchev–Trinajstić information content (AvgIpc) is 2.36. The minimum Gasteiger partial charge on any atom is -0.370 e. The first-order valence-corrected chi connectivity index (χ1v) is 3.65. The van der Waals surface area contributed by atoms with Crippen LogP contribution in [0.25, 0.3) is 0 Å². The highest BCUT2D eigenvalue weighted by atomic mass is 15.1. The van der Waals surface area contributed by atoms with Gasteiger partial charge in [0.2, 0.25) is 0 Å². The van der Waals surface area contributed by atoms with Crippen molar-refractivity contribution in [2.24, 2.45) is 15.9 Å². The van der Waals surface area contributed by atoms with Crippen LogP contribution in [-0.2, 0) is 0 Å². The Kier molecular flexibility index (Phi) is 1.22. The second-order valence-corrected chi connectivity index (χ2v) is 2.92. The second kappa shape index (κ2) is 2.08. The molecule has 0 aromatic rings. The molecule has 54 valence electrons. The Bertz CT molecular complexity index is 185. The number of fused-ring (bicyclic) bond motifs is 1. The third-order valence-electron chi connectivity index (χ3n) is 2.13. The summed E-state index contributed by atoms with van der Waals surface area (Å²) in [5, 5.41) is 3.18. The molecule has 0 aliphatic carbocycles. The van der Waals surface area contributed by atoms with Crippen molar-refractivity contribution in [2.75, 3.05) is 6.54 Å². The van der Waals surface area contributed by atoms with E-state index in [0.717, 1.165) is 6.54 Å². The predicted octanol–water partition coefficient (Wildman–Crippen LogP) is 0.0756. The molecule has 0 bridgehead atoms. The standard InChI is InChI=1S/C7H11N3/c1-5-2-8-3-6-7(5)10-4-9-6/h2,4-7H,3H2,1H3,(H,9,10). The highest BCUT2D eigenvalue weighted by Gasteiger charge is 2.30. The summed E-state index contributed by atoms with van der Waals surface area (Å²) in [7, 11) is 0. The first-order chi connectivity index (χ1) is 4.88. The van der Waals surface area contributed by atoms with E-state index in [4.69, 9.17) is 0 Å². The van der Waals surface area contributed by atoms with Gasteiger partial charge in [-0.2, -0.15) is 0 Å². The molecule has 2 heterocycles. The van der Waals surface area contributed by atoms with Crippen molar-refractivity contribution < 1.29 is 0 Å². The Morgan fingerprint density at radius 3 is 3.30 bits per heavy atom. The fourth-order valence-corrected chi connectivity index (χ4v) is 1.52. The quantitative estimate of drug-likeness (QED) is 0.504. The van der Waals surface area contributed by atoms with Crippen molar-refractivity contribution in [3.8, 4) is 0 Å². The second-order valence-electron chi connectivity index (χ2n) is 2.92. The Hall–Kier alpha value is -0.860. The molecule has 0 saturated heterocycles. The van der Waals surface area contributed by atoms with E-state index in [2.05, 4.69) is 22.2 Å². The molecule has 0 fully saturated rings. The van der Waals surface area contributed by atoms with Crippen LogP contribution in [0.4, 0.5) is 0 Å². The lowest BCUT2D eigenvalue weighted by Gasteiger charge is -2.23. The fourth-order valence-electron chi connectivity index (χ4n) is 1.52. The van der Waals surface area contributed by atoms with Gasteiger partial charge in [-0.3, -0.25) is 9.98 Å². The SMILES string of the molecule is CC1C=NCC2NC=NC12. The van der Waals surface area contributed by atoms with Crippen LogP contribution in [0.15, 0.2) is 9.98 Å². The third kappa shape index (κ3) is 0.735. The zero-order chi connectivity index (χ0) is 6.97. The number of rotatable bonds is 0. The molecule has 3 heteroatoms. The van der Waals surface area contributed by atoms with Crippen molar-refractivity contribution in [1.29, 1.82) is 0 Å².